The Hall–Kier alpha value is -3.10. The molecular weight excluding hydrogens is 780 g/mol. The van der Waals surface area contributed by atoms with Crippen LogP contribution in [-0.4, -0.2) is 28.1 Å². The van der Waals surface area contributed by atoms with Crippen LogP contribution >= 0.6 is 0 Å². The van der Waals surface area contributed by atoms with Crippen LogP contribution in [0.3, 0.4) is 0 Å². The number of para-hydroxylation sites is 2. The normalized spacial score (nSPS) is 16.3. The molecule has 5 nitrogen and oxygen atoms in total. The number of fused-ring (bicyclic) bond motifs is 1. The van der Waals surface area contributed by atoms with Gasteiger partial charge in [0.25, 0.3) is 0 Å². The average Bonchev–Trinajstić information content (AvgIpc) is 3.49. The summed E-state index contributed by atoms with van der Waals surface area (Å²) in [4.78, 5) is 8.86. The van der Waals surface area contributed by atoms with Crippen molar-refractivity contribution >= 4 is 49.3 Å². The van der Waals surface area contributed by atoms with Crippen molar-refractivity contribution in [2.45, 2.75) is 58.7 Å². The second-order valence-electron chi connectivity index (χ2n) is 14.5. The summed E-state index contributed by atoms with van der Waals surface area (Å²) in [5.41, 5.74) is 5.51. The summed E-state index contributed by atoms with van der Waals surface area (Å²) >= 11 is 0. The van der Waals surface area contributed by atoms with Crippen molar-refractivity contribution in [2.24, 2.45) is 0 Å². The zero-order valence-corrected chi connectivity index (χ0v) is 32.6. The zero-order valence-electron chi connectivity index (χ0n) is 28.3. The predicted octanol–water partition coefficient (Wildman–Crippen LogP) is 8.52. The number of ether oxygens (including phenoxy) is 1. The Bertz CT molecular complexity index is 1710. The minimum Gasteiger partial charge on any atom is -0.509 e. The van der Waals surface area contributed by atoms with E-state index in [9.17, 15) is 0 Å². The molecule has 0 fully saturated rings. The Morgan fingerprint density at radius 3 is 1.83 bits per heavy atom. The quantitative estimate of drug-likeness (QED) is 0.137. The van der Waals surface area contributed by atoms with E-state index in [0.29, 0.717) is 11.5 Å². The van der Waals surface area contributed by atoms with E-state index in [-0.39, 0.29) is 26.6 Å². The summed E-state index contributed by atoms with van der Waals surface area (Å²) in [6.45, 7) is 23.4. The van der Waals surface area contributed by atoms with Gasteiger partial charge in [0.15, 0.2) is 0 Å². The molecule has 2 heterocycles. The van der Waals surface area contributed by atoms with E-state index in [1.54, 1.807) is 0 Å². The second kappa shape index (κ2) is 12.8. The van der Waals surface area contributed by atoms with Crippen LogP contribution < -0.4 is 29.8 Å². The van der Waals surface area contributed by atoms with Crippen molar-refractivity contribution in [3.8, 4) is 11.5 Å². The third kappa shape index (κ3) is 6.66. The van der Waals surface area contributed by atoms with Crippen molar-refractivity contribution in [3.05, 3.63) is 122 Å². The number of hydrogen-bond donors (Lipinski definition) is 0. The third-order valence-electron chi connectivity index (χ3n) is 8.80. The van der Waals surface area contributed by atoms with Crippen LogP contribution in [0.25, 0.3) is 0 Å². The maximum absolute atomic E-state index is 6.37. The fourth-order valence-corrected chi connectivity index (χ4v) is 9.29. The third-order valence-corrected chi connectivity index (χ3v) is 12.8. The molecule has 0 radical (unpaired) electrons. The summed E-state index contributed by atoms with van der Waals surface area (Å²) in [5.74, 6) is 1.29. The van der Waals surface area contributed by atoms with Crippen molar-refractivity contribution in [1.29, 1.82) is 0 Å². The molecule has 4 aromatic rings. The Balaban J connectivity index is 0.00000417. The van der Waals surface area contributed by atoms with Crippen molar-refractivity contribution in [2.75, 3.05) is 21.7 Å². The smallest absolute Gasteiger partial charge is 0.509 e. The number of hydrogen-bond acceptors (Lipinski definition) is 5. The van der Waals surface area contributed by atoms with Gasteiger partial charge >= 0.3 is 21.1 Å². The Labute approximate surface area is 292 Å². The molecule has 0 atom stereocenters. The molecule has 0 amide bonds. The van der Waals surface area contributed by atoms with E-state index in [1.807, 2.05) is 24.3 Å². The van der Waals surface area contributed by atoms with Crippen LogP contribution in [0, 0.1) is 25.5 Å². The first-order valence-electron chi connectivity index (χ1n) is 15.7. The van der Waals surface area contributed by atoms with E-state index >= 15 is 0 Å². The summed E-state index contributed by atoms with van der Waals surface area (Å²) in [6.07, 6.45) is 4.28. The Kier molecular flexibility index (Phi) is 9.55. The number of benzene rings is 4. The van der Waals surface area contributed by atoms with E-state index in [4.69, 9.17) is 4.74 Å². The van der Waals surface area contributed by atoms with Gasteiger partial charge in [-0.3, -0.25) is 0 Å². The number of nitrogens with zero attached hydrogens (tertiary/aromatic N) is 4. The fraction of sp³-hybridized carbons (Fsp3) is 0.263. The molecule has 2 aliphatic rings. The summed E-state index contributed by atoms with van der Waals surface area (Å²) in [5, 5.41) is 2.98. The Morgan fingerprint density at radius 2 is 1.20 bits per heavy atom. The molecule has 240 valence electrons. The van der Waals surface area contributed by atoms with Gasteiger partial charge in [-0.15, -0.1) is 54.4 Å². The Morgan fingerprint density at radius 1 is 0.652 bits per heavy atom. The summed E-state index contributed by atoms with van der Waals surface area (Å²) < 4.78 is 6.37. The standard InChI is InChI=1S/C38H44N4OSi2.Pt/c1-38(2)33-19-10-11-20-34(33)42(27-39(38)3)30-16-13-18-32(26-30)43-31-17-12-15-29(25-31)40-23-24-41(28-40)37-35(44(4,5)6)21-14-22-36(37)45(7,8)9;/h10-24,27-28H,1-9H3;/q-4;+4. The molecule has 0 unspecified atom stereocenters. The largest absolute Gasteiger partial charge is 4.00 e. The monoisotopic (exact) mass is 823 g/mol. The van der Waals surface area contributed by atoms with Crippen LogP contribution in [0.15, 0.2) is 91.3 Å². The van der Waals surface area contributed by atoms with Gasteiger partial charge in [0, 0.05) is 28.4 Å². The first-order valence-corrected chi connectivity index (χ1v) is 22.7. The predicted molar refractivity (Wildman–Crippen MR) is 195 cm³/mol. The van der Waals surface area contributed by atoms with Gasteiger partial charge in [-0.25, -0.2) is 0 Å². The van der Waals surface area contributed by atoms with Crippen LogP contribution in [0.4, 0.5) is 22.7 Å². The molecule has 46 heavy (non-hydrogen) atoms. The topological polar surface area (TPSA) is 22.2 Å². The molecule has 0 spiro atoms. The van der Waals surface area contributed by atoms with Gasteiger partial charge in [-0.1, -0.05) is 75.7 Å². The molecule has 6 rings (SSSR count). The molecule has 4 aromatic carbocycles. The van der Waals surface area contributed by atoms with E-state index < -0.39 is 16.1 Å². The fourth-order valence-electron chi connectivity index (χ4n) is 6.03. The SMILES string of the molecule is CN1[CH-]N(c2[c-]c(Oc3[c-]c(N4C=CN(c5c([Si](C)(C)C)cccc5[Si](C)(C)C)[CH-]4)ccc3)ccc2)c2ccccc2C1(C)C.[Pt+4]. The van der Waals surface area contributed by atoms with Crippen LogP contribution in [0.5, 0.6) is 11.5 Å². The second-order valence-corrected chi connectivity index (χ2v) is 24.6. The number of rotatable bonds is 7. The maximum Gasteiger partial charge on any atom is 4.00 e. The van der Waals surface area contributed by atoms with Crippen LogP contribution in [0.2, 0.25) is 39.3 Å². The molecule has 0 saturated carbocycles. The molecule has 8 heteroatoms. The van der Waals surface area contributed by atoms with Crippen molar-refractivity contribution < 1.29 is 25.8 Å². The molecule has 0 aromatic heterocycles. The number of anilines is 4. The first-order chi connectivity index (χ1) is 21.2. The molecule has 0 N–H and O–H groups in total. The zero-order chi connectivity index (χ0) is 32.1. The molecule has 0 bridgehead atoms. The van der Waals surface area contributed by atoms with E-state index in [1.165, 1.54) is 21.6 Å². The van der Waals surface area contributed by atoms with E-state index in [0.717, 1.165) is 17.1 Å². The van der Waals surface area contributed by atoms with Gasteiger partial charge < -0.3 is 24.3 Å². The van der Waals surface area contributed by atoms with Crippen molar-refractivity contribution in [1.82, 2.24) is 4.90 Å². The molecular formula is C38H44N4OPtSi2. The molecule has 2 aliphatic heterocycles. The van der Waals surface area contributed by atoms with Gasteiger partial charge in [-0.2, -0.15) is 18.8 Å². The molecule has 0 saturated heterocycles. The van der Waals surface area contributed by atoms with E-state index in [2.05, 4.69) is 172 Å². The van der Waals surface area contributed by atoms with Gasteiger partial charge in [0.1, 0.15) is 0 Å². The maximum atomic E-state index is 6.37. The van der Waals surface area contributed by atoms with Gasteiger partial charge in [-0.05, 0) is 55.3 Å². The summed E-state index contributed by atoms with van der Waals surface area (Å²) in [6, 6.07) is 34.5. The van der Waals surface area contributed by atoms with Gasteiger partial charge in [0.05, 0.1) is 16.1 Å². The van der Waals surface area contributed by atoms with Crippen molar-refractivity contribution in [3.63, 3.8) is 0 Å². The molecule has 0 aliphatic carbocycles. The van der Waals surface area contributed by atoms with Crippen LogP contribution in [0.1, 0.15) is 19.4 Å². The minimum absolute atomic E-state index is 0. The average molecular weight is 824 g/mol. The first kappa shape index (κ1) is 34.2. The summed E-state index contributed by atoms with van der Waals surface area (Å²) in [7, 11) is -1.06. The van der Waals surface area contributed by atoms with Gasteiger partial charge in [0.2, 0.25) is 0 Å². The van der Waals surface area contributed by atoms with Crippen LogP contribution in [-0.2, 0) is 26.6 Å². The minimum atomic E-state index is -1.59.